The molecule has 2 aromatic carbocycles. The molecule has 0 spiro atoms. The molecule has 0 aliphatic rings. The van der Waals surface area contributed by atoms with Crippen LogP contribution < -0.4 is 5.32 Å². The number of rotatable bonds is 6. The van der Waals surface area contributed by atoms with E-state index in [0.717, 1.165) is 11.3 Å². The van der Waals surface area contributed by atoms with Gasteiger partial charge in [0.1, 0.15) is 5.52 Å². The lowest BCUT2D eigenvalue weighted by Gasteiger charge is -2.15. The standard InChI is InChI=1S/C21H16ClN3O4S/c1-2-17(29-20(27)13-5-8-15-18(9-13)28-11-23-15)19(26)25-21-24-16(10-30-21)12-3-6-14(22)7-4-12/h3-11,17H,2H2,1H3,(H,24,25,26). The van der Waals surface area contributed by atoms with Gasteiger partial charge >= 0.3 is 5.97 Å². The molecule has 9 heteroatoms. The van der Waals surface area contributed by atoms with Crippen LogP contribution in [0.15, 0.2) is 58.7 Å². The normalized spacial score (nSPS) is 11.9. The predicted octanol–water partition coefficient (Wildman–Crippen LogP) is 5.18. The van der Waals surface area contributed by atoms with Gasteiger partial charge in [0, 0.05) is 16.0 Å². The quantitative estimate of drug-likeness (QED) is 0.414. The molecule has 2 aromatic heterocycles. The number of hydrogen-bond donors (Lipinski definition) is 1. The molecule has 0 aliphatic heterocycles. The first-order valence-electron chi connectivity index (χ1n) is 9.10. The Morgan fingerprint density at radius 1 is 1.23 bits per heavy atom. The molecule has 1 atom stereocenters. The number of nitrogens with zero attached hydrogens (tertiary/aromatic N) is 2. The molecular weight excluding hydrogens is 426 g/mol. The van der Waals surface area contributed by atoms with E-state index < -0.39 is 18.0 Å². The van der Waals surface area contributed by atoms with Crippen molar-refractivity contribution in [3.8, 4) is 11.3 Å². The first-order valence-corrected chi connectivity index (χ1v) is 10.4. The lowest BCUT2D eigenvalue weighted by molar-refractivity contribution is -0.124. The molecule has 4 aromatic rings. The largest absolute Gasteiger partial charge is 0.449 e. The first-order chi connectivity index (χ1) is 14.5. The Balaban J connectivity index is 1.42. The number of nitrogens with one attached hydrogen (secondary N) is 1. The molecule has 0 aliphatic carbocycles. The van der Waals surface area contributed by atoms with E-state index in [1.165, 1.54) is 23.8 Å². The van der Waals surface area contributed by atoms with Gasteiger partial charge in [-0.2, -0.15) is 0 Å². The van der Waals surface area contributed by atoms with E-state index in [1.807, 2.05) is 17.5 Å². The number of esters is 1. The highest BCUT2D eigenvalue weighted by Crippen LogP contribution is 2.26. The zero-order chi connectivity index (χ0) is 21.1. The molecule has 0 bridgehead atoms. The summed E-state index contributed by atoms with van der Waals surface area (Å²) in [6.07, 6.45) is 0.664. The van der Waals surface area contributed by atoms with Crippen molar-refractivity contribution in [2.75, 3.05) is 5.32 Å². The molecule has 1 amide bonds. The molecule has 30 heavy (non-hydrogen) atoms. The number of aromatic nitrogens is 2. The fourth-order valence-electron chi connectivity index (χ4n) is 2.77. The number of amides is 1. The molecule has 1 unspecified atom stereocenters. The molecule has 0 radical (unpaired) electrons. The molecule has 0 saturated carbocycles. The van der Waals surface area contributed by atoms with Gasteiger partial charge in [-0.3, -0.25) is 10.1 Å². The molecular formula is C21H16ClN3O4S. The number of fused-ring (bicyclic) bond motifs is 1. The van der Waals surface area contributed by atoms with Crippen LogP contribution in [0.25, 0.3) is 22.4 Å². The summed E-state index contributed by atoms with van der Waals surface area (Å²) in [7, 11) is 0. The summed E-state index contributed by atoms with van der Waals surface area (Å²) in [5.74, 6) is -1.06. The second-order valence-corrected chi connectivity index (χ2v) is 7.67. The predicted molar refractivity (Wildman–Crippen MR) is 115 cm³/mol. The van der Waals surface area contributed by atoms with Crippen molar-refractivity contribution in [2.24, 2.45) is 0 Å². The van der Waals surface area contributed by atoms with E-state index in [0.29, 0.717) is 27.7 Å². The van der Waals surface area contributed by atoms with E-state index in [9.17, 15) is 9.59 Å². The Kier molecular flexibility index (Phi) is 5.78. The number of ether oxygens (including phenoxy) is 1. The lowest BCUT2D eigenvalue weighted by Crippen LogP contribution is -2.32. The maximum absolute atomic E-state index is 12.6. The smallest absolute Gasteiger partial charge is 0.339 e. The zero-order valence-electron chi connectivity index (χ0n) is 15.8. The fraction of sp³-hybridized carbons (Fsp3) is 0.143. The number of anilines is 1. The first kappa shape index (κ1) is 20.1. The molecule has 7 nitrogen and oxygen atoms in total. The van der Waals surface area contributed by atoms with Gasteiger partial charge in [0.2, 0.25) is 0 Å². The summed E-state index contributed by atoms with van der Waals surface area (Å²) < 4.78 is 10.6. The van der Waals surface area contributed by atoms with E-state index in [-0.39, 0.29) is 5.56 Å². The molecule has 4 rings (SSSR count). The van der Waals surface area contributed by atoms with Crippen LogP contribution in [0.1, 0.15) is 23.7 Å². The molecule has 0 fully saturated rings. The highest BCUT2D eigenvalue weighted by atomic mass is 35.5. The Labute approximate surface area is 180 Å². The van der Waals surface area contributed by atoms with Gasteiger partial charge in [-0.05, 0) is 36.8 Å². The SMILES string of the molecule is CCC(OC(=O)c1ccc2ncoc2c1)C(=O)Nc1nc(-c2ccc(Cl)cc2)cs1. The fourth-order valence-corrected chi connectivity index (χ4v) is 3.62. The number of carbonyl (C=O) groups excluding carboxylic acids is 2. The van der Waals surface area contributed by atoms with Crippen LogP contribution in [0.2, 0.25) is 5.02 Å². The number of benzene rings is 2. The number of oxazole rings is 1. The minimum atomic E-state index is -0.953. The van der Waals surface area contributed by atoms with Crippen molar-refractivity contribution in [2.45, 2.75) is 19.4 Å². The third kappa shape index (κ3) is 4.34. The van der Waals surface area contributed by atoms with Gasteiger partial charge in [-0.1, -0.05) is 30.7 Å². The minimum absolute atomic E-state index is 0.282. The van der Waals surface area contributed by atoms with Gasteiger partial charge < -0.3 is 9.15 Å². The van der Waals surface area contributed by atoms with Crippen LogP contribution >= 0.6 is 22.9 Å². The summed E-state index contributed by atoms with van der Waals surface area (Å²) in [5, 5.41) is 5.60. The summed E-state index contributed by atoms with van der Waals surface area (Å²) in [4.78, 5) is 33.5. The molecule has 152 valence electrons. The third-order valence-electron chi connectivity index (χ3n) is 4.35. The Morgan fingerprint density at radius 3 is 2.80 bits per heavy atom. The van der Waals surface area contributed by atoms with E-state index in [2.05, 4.69) is 15.3 Å². The van der Waals surface area contributed by atoms with Crippen LogP contribution in [0.4, 0.5) is 5.13 Å². The van der Waals surface area contributed by atoms with Gasteiger partial charge in [0.05, 0.1) is 11.3 Å². The van der Waals surface area contributed by atoms with Crippen LogP contribution in [0, 0.1) is 0 Å². The highest BCUT2D eigenvalue weighted by Gasteiger charge is 2.23. The summed E-state index contributed by atoms with van der Waals surface area (Å²) in [5.41, 5.74) is 3.00. The monoisotopic (exact) mass is 441 g/mol. The zero-order valence-corrected chi connectivity index (χ0v) is 17.4. The summed E-state index contributed by atoms with van der Waals surface area (Å²) in [6.45, 7) is 1.76. The number of hydrogen-bond acceptors (Lipinski definition) is 7. The molecule has 1 N–H and O–H groups in total. The third-order valence-corrected chi connectivity index (χ3v) is 5.36. The Bertz CT molecular complexity index is 1200. The van der Waals surface area contributed by atoms with E-state index in [1.54, 1.807) is 31.2 Å². The second-order valence-electron chi connectivity index (χ2n) is 6.37. The average molecular weight is 442 g/mol. The van der Waals surface area contributed by atoms with Crippen molar-refractivity contribution in [1.82, 2.24) is 9.97 Å². The van der Waals surface area contributed by atoms with Gasteiger partial charge in [-0.25, -0.2) is 14.8 Å². The average Bonchev–Trinajstić information content (AvgIpc) is 3.41. The van der Waals surface area contributed by atoms with E-state index >= 15 is 0 Å². The second kappa shape index (κ2) is 8.64. The number of halogens is 1. The number of carbonyl (C=O) groups is 2. The number of thiazole rings is 1. The van der Waals surface area contributed by atoms with Gasteiger partial charge in [0.25, 0.3) is 5.91 Å². The van der Waals surface area contributed by atoms with Crippen molar-refractivity contribution < 1.29 is 18.7 Å². The van der Waals surface area contributed by atoms with Crippen LogP contribution in [-0.2, 0) is 9.53 Å². The minimum Gasteiger partial charge on any atom is -0.449 e. The summed E-state index contributed by atoms with van der Waals surface area (Å²) >= 11 is 7.19. The van der Waals surface area contributed by atoms with Crippen molar-refractivity contribution >= 4 is 51.0 Å². The Morgan fingerprint density at radius 2 is 2.03 bits per heavy atom. The van der Waals surface area contributed by atoms with Crippen LogP contribution in [0.5, 0.6) is 0 Å². The van der Waals surface area contributed by atoms with Crippen LogP contribution in [-0.4, -0.2) is 27.9 Å². The highest BCUT2D eigenvalue weighted by molar-refractivity contribution is 7.14. The molecule has 0 saturated heterocycles. The lowest BCUT2D eigenvalue weighted by atomic mass is 10.2. The van der Waals surface area contributed by atoms with Crippen molar-refractivity contribution in [1.29, 1.82) is 0 Å². The van der Waals surface area contributed by atoms with Crippen molar-refractivity contribution in [3.05, 3.63) is 64.8 Å². The maximum atomic E-state index is 12.6. The Hall–Kier alpha value is -3.23. The summed E-state index contributed by atoms with van der Waals surface area (Å²) in [6, 6.07) is 12.0. The van der Waals surface area contributed by atoms with Gasteiger partial charge in [-0.15, -0.1) is 11.3 Å². The van der Waals surface area contributed by atoms with E-state index in [4.69, 9.17) is 20.8 Å². The maximum Gasteiger partial charge on any atom is 0.339 e. The topological polar surface area (TPSA) is 94.3 Å². The van der Waals surface area contributed by atoms with Crippen molar-refractivity contribution in [3.63, 3.8) is 0 Å². The molecule has 2 heterocycles. The van der Waals surface area contributed by atoms with Crippen LogP contribution in [0.3, 0.4) is 0 Å². The van der Waals surface area contributed by atoms with Gasteiger partial charge in [0.15, 0.2) is 23.2 Å².